The van der Waals surface area contributed by atoms with Gasteiger partial charge >= 0.3 is 24.0 Å². The average molecular weight is 461 g/mol. The highest BCUT2D eigenvalue weighted by Gasteiger charge is 2.17. The molecule has 0 aromatic rings. The van der Waals surface area contributed by atoms with Crippen LogP contribution < -0.4 is 10.6 Å². The van der Waals surface area contributed by atoms with E-state index < -0.39 is 36.6 Å². The van der Waals surface area contributed by atoms with E-state index in [0.29, 0.717) is 19.5 Å². The first-order valence-electron chi connectivity index (χ1n) is 11.3. The first kappa shape index (κ1) is 29.6. The van der Waals surface area contributed by atoms with Crippen molar-refractivity contribution >= 4 is 24.0 Å². The predicted octanol–water partition coefficient (Wildman–Crippen LogP) is 2.89. The lowest BCUT2D eigenvalue weighted by atomic mass is 10.2. The van der Waals surface area contributed by atoms with Gasteiger partial charge in [0.2, 0.25) is 12.6 Å². The van der Waals surface area contributed by atoms with Crippen molar-refractivity contribution < 1.29 is 38.1 Å². The van der Waals surface area contributed by atoms with Gasteiger partial charge in [-0.15, -0.1) is 0 Å². The van der Waals surface area contributed by atoms with Crippen molar-refractivity contribution in [3.8, 4) is 0 Å². The summed E-state index contributed by atoms with van der Waals surface area (Å²) >= 11 is 0. The summed E-state index contributed by atoms with van der Waals surface area (Å²) in [7, 11) is 0. The van der Waals surface area contributed by atoms with E-state index in [9.17, 15) is 19.2 Å². The van der Waals surface area contributed by atoms with Crippen LogP contribution in [0.4, 0.5) is 4.79 Å². The Morgan fingerprint density at radius 1 is 0.625 bits per heavy atom. The van der Waals surface area contributed by atoms with Crippen molar-refractivity contribution in [1.82, 2.24) is 10.6 Å². The number of hydrogen-bond acceptors (Lipinski definition) is 9. The first-order chi connectivity index (χ1) is 15.0. The molecule has 1 amide bonds. The lowest BCUT2D eigenvalue weighted by molar-refractivity contribution is -0.186. The van der Waals surface area contributed by atoms with E-state index in [4.69, 9.17) is 18.9 Å². The fourth-order valence-electron chi connectivity index (χ4n) is 2.31. The molecule has 0 aromatic carbocycles. The molecule has 0 fully saturated rings. The Hall–Kier alpha value is -2.36. The molecule has 32 heavy (non-hydrogen) atoms. The molecular weight excluding hydrogens is 420 g/mol. The Morgan fingerprint density at radius 2 is 1.12 bits per heavy atom. The molecule has 10 heteroatoms. The third kappa shape index (κ3) is 16.3. The summed E-state index contributed by atoms with van der Waals surface area (Å²) in [5.74, 6) is -1.77. The van der Waals surface area contributed by atoms with Crippen molar-refractivity contribution in [1.29, 1.82) is 0 Å². The van der Waals surface area contributed by atoms with Crippen molar-refractivity contribution in [2.75, 3.05) is 19.6 Å². The monoisotopic (exact) mass is 460 g/mol. The molecular formula is C22H40N2O8. The maximum atomic E-state index is 11.7. The number of hydrogen-bond donors (Lipinski definition) is 2. The molecule has 0 aliphatic heterocycles. The second-order valence-corrected chi connectivity index (χ2v) is 8.05. The zero-order valence-corrected chi connectivity index (χ0v) is 20.2. The number of esters is 3. The smallest absolute Gasteiger partial charge is 0.410 e. The lowest BCUT2D eigenvalue weighted by Gasteiger charge is -2.15. The van der Waals surface area contributed by atoms with Gasteiger partial charge in [0.25, 0.3) is 0 Å². The summed E-state index contributed by atoms with van der Waals surface area (Å²) in [6.45, 7) is 11.8. The minimum atomic E-state index is -0.926. The normalized spacial score (nSPS) is 12.8. The highest BCUT2D eigenvalue weighted by molar-refractivity contribution is 5.73. The number of alkyl carbamates (subject to hydrolysis) is 1. The van der Waals surface area contributed by atoms with Crippen LogP contribution in [0.5, 0.6) is 0 Å². The molecule has 2 atom stereocenters. The van der Waals surface area contributed by atoms with Crippen LogP contribution in [0, 0.1) is 11.8 Å². The van der Waals surface area contributed by atoms with Crippen molar-refractivity contribution in [3.05, 3.63) is 0 Å². The quantitative estimate of drug-likeness (QED) is 0.203. The van der Waals surface area contributed by atoms with Crippen molar-refractivity contribution in [2.45, 2.75) is 86.2 Å². The van der Waals surface area contributed by atoms with Gasteiger partial charge in [-0.05, 0) is 32.4 Å². The Morgan fingerprint density at radius 3 is 1.69 bits per heavy atom. The molecule has 10 nitrogen and oxygen atoms in total. The molecule has 0 radical (unpaired) electrons. The van der Waals surface area contributed by atoms with Gasteiger partial charge in [0.15, 0.2) is 0 Å². The Kier molecular flexibility index (Phi) is 16.0. The van der Waals surface area contributed by atoms with Crippen LogP contribution in [0.25, 0.3) is 0 Å². The maximum absolute atomic E-state index is 11.7. The van der Waals surface area contributed by atoms with Crippen LogP contribution in [0.3, 0.4) is 0 Å². The number of unbranched alkanes of at least 4 members (excludes halogenated alkanes) is 2. The van der Waals surface area contributed by atoms with Crippen molar-refractivity contribution in [2.24, 2.45) is 11.8 Å². The van der Waals surface area contributed by atoms with Gasteiger partial charge in [-0.25, -0.2) is 4.79 Å². The van der Waals surface area contributed by atoms with Gasteiger partial charge in [0, 0.05) is 26.8 Å². The number of carbonyl (C=O) groups excluding carboxylic acids is 4. The van der Waals surface area contributed by atoms with Crippen LogP contribution in [-0.4, -0.2) is 56.2 Å². The van der Waals surface area contributed by atoms with E-state index in [-0.39, 0.29) is 18.3 Å². The van der Waals surface area contributed by atoms with Crippen LogP contribution >= 0.6 is 0 Å². The highest BCUT2D eigenvalue weighted by Crippen LogP contribution is 2.04. The summed E-state index contributed by atoms with van der Waals surface area (Å²) in [5.41, 5.74) is 0. The fraction of sp³-hybridized carbons (Fsp3) is 0.818. The number of nitrogens with one attached hydrogen (secondary N) is 2. The molecule has 2 N–H and O–H groups in total. The van der Waals surface area contributed by atoms with Crippen LogP contribution in [0.2, 0.25) is 0 Å². The summed E-state index contributed by atoms with van der Waals surface area (Å²) in [6.07, 6.45) is 1.06. The third-order valence-corrected chi connectivity index (χ3v) is 4.11. The number of ether oxygens (including phenoxy) is 4. The topological polar surface area (TPSA) is 129 Å². The Labute approximate surface area is 191 Å². The standard InChI is InChI=1S/C22H40N2O8/c1-15(2)20(26)30-17(5)29-19(25)11-10-13-23-12-8-7-9-14-24-22(28)32-18(6)31-21(27)16(3)4/h15-18,23H,7-14H2,1-6H3,(H,24,28). The molecule has 0 saturated carbocycles. The molecule has 0 aliphatic rings. The van der Waals surface area contributed by atoms with Crippen LogP contribution in [0.15, 0.2) is 0 Å². The second kappa shape index (κ2) is 17.2. The Balaban J connectivity index is 3.59. The molecule has 0 saturated heterocycles. The SMILES string of the molecule is CC(OC(=O)CCCNCCCCCNC(=O)OC(C)OC(=O)C(C)C)OC(=O)C(C)C. The highest BCUT2D eigenvalue weighted by atomic mass is 16.7. The van der Waals surface area contributed by atoms with Crippen LogP contribution in [-0.2, 0) is 33.3 Å². The third-order valence-electron chi connectivity index (χ3n) is 4.11. The van der Waals surface area contributed by atoms with Crippen molar-refractivity contribution in [3.63, 3.8) is 0 Å². The van der Waals surface area contributed by atoms with E-state index in [2.05, 4.69) is 10.6 Å². The molecule has 0 spiro atoms. The number of carbonyl (C=O) groups is 4. The molecule has 0 rings (SSSR count). The van der Waals surface area contributed by atoms with E-state index in [0.717, 1.165) is 25.8 Å². The predicted molar refractivity (Wildman–Crippen MR) is 117 cm³/mol. The zero-order chi connectivity index (χ0) is 24.5. The second-order valence-electron chi connectivity index (χ2n) is 8.05. The molecule has 0 heterocycles. The molecule has 2 unspecified atom stereocenters. The zero-order valence-electron chi connectivity index (χ0n) is 20.2. The molecule has 0 bridgehead atoms. The van der Waals surface area contributed by atoms with Gasteiger partial charge in [-0.2, -0.15) is 0 Å². The molecule has 0 aliphatic carbocycles. The minimum absolute atomic E-state index is 0.244. The van der Waals surface area contributed by atoms with E-state index in [1.807, 2.05) is 0 Å². The van der Waals surface area contributed by atoms with E-state index >= 15 is 0 Å². The Bertz CT molecular complexity index is 530. The number of amides is 1. The molecule has 186 valence electrons. The summed E-state index contributed by atoms with van der Waals surface area (Å²) in [6, 6.07) is 0. The van der Waals surface area contributed by atoms with Gasteiger partial charge in [0.05, 0.1) is 11.8 Å². The fourth-order valence-corrected chi connectivity index (χ4v) is 2.31. The van der Waals surface area contributed by atoms with E-state index in [1.165, 1.54) is 13.8 Å². The summed E-state index contributed by atoms with van der Waals surface area (Å²) in [4.78, 5) is 46.2. The van der Waals surface area contributed by atoms with Gasteiger partial charge in [-0.3, -0.25) is 14.4 Å². The van der Waals surface area contributed by atoms with Gasteiger partial charge in [-0.1, -0.05) is 34.1 Å². The number of rotatable bonds is 16. The maximum Gasteiger partial charge on any atom is 0.410 e. The molecule has 0 aromatic heterocycles. The minimum Gasteiger partial charge on any atom is -0.425 e. The first-order valence-corrected chi connectivity index (χ1v) is 11.3. The van der Waals surface area contributed by atoms with Crippen LogP contribution in [0.1, 0.15) is 73.6 Å². The van der Waals surface area contributed by atoms with Gasteiger partial charge in [0.1, 0.15) is 0 Å². The summed E-state index contributed by atoms with van der Waals surface area (Å²) < 4.78 is 19.9. The largest absolute Gasteiger partial charge is 0.425 e. The van der Waals surface area contributed by atoms with Gasteiger partial charge < -0.3 is 29.6 Å². The van der Waals surface area contributed by atoms with E-state index in [1.54, 1.807) is 27.7 Å². The lowest BCUT2D eigenvalue weighted by Crippen LogP contribution is -2.31. The summed E-state index contributed by atoms with van der Waals surface area (Å²) in [5, 5.41) is 5.86. The average Bonchev–Trinajstić information content (AvgIpc) is 2.68.